The number of amides is 2. The molecule has 0 radical (unpaired) electrons. The van der Waals surface area contributed by atoms with Gasteiger partial charge in [0.25, 0.3) is 0 Å². The van der Waals surface area contributed by atoms with Crippen LogP contribution < -0.4 is 19.3 Å². The van der Waals surface area contributed by atoms with E-state index in [-0.39, 0.29) is 36.8 Å². The number of rotatable bonds is 11. The minimum absolute atomic E-state index is 0.0243. The van der Waals surface area contributed by atoms with Gasteiger partial charge < -0.3 is 28.7 Å². The maximum Gasteiger partial charge on any atom is 0.410 e. The number of nitrogens with zero attached hydrogens (tertiary/aromatic N) is 4. The van der Waals surface area contributed by atoms with Crippen molar-refractivity contribution in [2.24, 2.45) is 11.3 Å². The van der Waals surface area contributed by atoms with E-state index in [1.54, 1.807) is 35.1 Å². The second kappa shape index (κ2) is 17.1. The van der Waals surface area contributed by atoms with Gasteiger partial charge in [-0.15, -0.1) is 0 Å². The van der Waals surface area contributed by atoms with E-state index >= 15 is 8.78 Å². The normalized spacial score (nSPS) is 20.0. The number of piperidine rings is 1. The van der Waals surface area contributed by atoms with Gasteiger partial charge in [-0.05, 0) is 60.9 Å². The summed E-state index contributed by atoms with van der Waals surface area (Å²) < 4.78 is 55.2. The smallest absolute Gasteiger partial charge is 0.410 e. The molecule has 57 heavy (non-hydrogen) atoms. The van der Waals surface area contributed by atoms with Crippen LogP contribution in [0.2, 0.25) is 0 Å². The number of benzene rings is 4. The largest absolute Gasteiger partial charge is 0.496 e. The molecular formula is C45H50F2N4O6. The first kappa shape index (κ1) is 38.7. The van der Waals surface area contributed by atoms with E-state index in [4.69, 9.17) is 18.9 Å². The summed E-state index contributed by atoms with van der Waals surface area (Å²) in [7, 11) is 1.56. The van der Waals surface area contributed by atoms with Gasteiger partial charge in [0.05, 0.1) is 29.9 Å². The average molecular weight is 781 g/mol. The first-order valence-corrected chi connectivity index (χ1v) is 20.0. The van der Waals surface area contributed by atoms with Gasteiger partial charge in [0.2, 0.25) is 5.91 Å². The maximum atomic E-state index is 16.5. The van der Waals surface area contributed by atoms with Crippen molar-refractivity contribution >= 4 is 23.4 Å². The minimum atomic E-state index is -0.852. The minimum Gasteiger partial charge on any atom is -0.496 e. The van der Waals surface area contributed by atoms with Gasteiger partial charge >= 0.3 is 6.09 Å². The van der Waals surface area contributed by atoms with Crippen molar-refractivity contribution in [3.63, 3.8) is 0 Å². The van der Waals surface area contributed by atoms with Crippen LogP contribution in [0.25, 0.3) is 0 Å². The third kappa shape index (κ3) is 8.02. The van der Waals surface area contributed by atoms with Crippen molar-refractivity contribution in [1.82, 2.24) is 9.80 Å². The van der Waals surface area contributed by atoms with Gasteiger partial charge in [0.15, 0.2) is 11.6 Å². The Balaban J connectivity index is 0.939. The van der Waals surface area contributed by atoms with Crippen LogP contribution in [-0.2, 0) is 27.5 Å². The highest BCUT2D eigenvalue weighted by molar-refractivity contribution is 6.07. The molecule has 4 aliphatic rings. The van der Waals surface area contributed by atoms with Crippen LogP contribution in [-0.4, -0.2) is 87.9 Å². The first-order chi connectivity index (χ1) is 27.8. The molecule has 0 saturated carbocycles. The van der Waals surface area contributed by atoms with E-state index < -0.39 is 17.3 Å². The summed E-state index contributed by atoms with van der Waals surface area (Å²) in [6.07, 6.45) is 2.44. The number of carbonyl (C=O) groups excluding carboxylic acids is 2. The Bertz CT molecular complexity index is 2020. The Labute approximate surface area is 332 Å². The highest BCUT2D eigenvalue weighted by Gasteiger charge is 2.63. The molecule has 4 aliphatic heterocycles. The highest BCUT2D eigenvalue weighted by Crippen LogP contribution is 2.60. The lowest BCUT2D eigenvalue weighted by Crippen LogP contribution is -2.65. The van der Waals surface area contributed by atoms with Crippen molar-refractivity contribution < 1.29 is 37.3 Å². The molecular weight excluding hydrogens is 731 g/mol. The second-order valence-corrected chi connectivity index (χ2v) is 15.5. The molecule has 4 saturated heterocycles. The number of halogens is 2. The topological polar surface area (TPSA) is 84.0 Å². The van der Waals surface area contributed by atoms with Crippen LogP contribution in [0.15, 0.2) is 91.0 Å². The number of methoxy groups -OCH3 is 1. The molecule has 4 fully saturated rings. The zero-order valence-corrected chi connectivity index (χ0v) is 32.4. The molecule has 0 N–H and O–H groups in total. The molecule has 1 spiro atoms. The molecule has 4 aromatic rings. The van der Waals surface area contributed by atoms with Crippen molar-refractivity contribution in [3.8, 4) is 11.5 Å². The summed E-state index contributed by atoms with van der Waals surface area (Å²) in [4.78, 5) is 34.8. The molecule has 1 atom stereocenters. The number of carbonyl (C=O) groups is 2. The third-order valence-electron chi connectivity index (χ3n) is 12.1. The predicted octanol–water partition coefficient (Wildman–Crippen LogP) is 7.61. The van der Waals surface area contributed by atoms with Gasteiger partial charge in [0, 0.05) is 70.7 Å². The zero-order valence-electron chi connectivity index (χ0n) is 32.4. The molecule has 12 heteroatoms. The summed E-state index contributed by atoms with van der Waals surface area (Å²) in [6.45, 7) is 6.32. The summed E-state index contributed by atoms with van der Waals surface area (Å²) in [5.74, 6) is -0.227. The molecule has 0 unspecified atom stereocenters. The average Bonchev–Trinajstić information content (AvgIpc) is 3.25. The highest BCUT2D eigenvalue weighted by atomic mass is 19.1. The molecule has 4 heterocycles. The van der Waals surface area contributed by atoms with Gasteiger partial charge in [-0.2, -0.15) is 0 Å². The summed E-state index contributed by atoms with van der Waals surface area (Å²) >= 11 is 0. The lowest BCUT2D eigenvalue weighted by Gasteiger charge is -2.58. The molecule has 8 rings (SSSR count). The fraction of sp³-hybridized carbons (Fsp3) is 0.422. The Kier molecular flexibility index (Phi) is 11.6. The third-order valence-corrected chi connectivity index (χ3v) is 12.1. The first-order valence-electron chi connectivity index (χ1n) is 20.0. The Morgan fingerprint density at radius 2 is 1.46 bits per heavy atom. The molecule has 0 aromatic heterocycles. The summed E-state index contributed by atoms with van der Waals surface area (Å²) in [5.41, 5.74) is 2.28. The van der Waals surface area contributed by atoms with Crippen LogP contribution in [0.1, 0.15) is 48.4 Å². The summed E-state index contributed by atoms with van der Waals surface area (Å²) in [6, 6.07) is 26.4. The van der Waals surface area contributed by atoms with Crippen molar-refractivity contribution in [3.05, 3.63) is 119 Å². The van der Waals surface area contributed by atoms with Crippen molar-refractivity contribution in [1.29, 1.82) is 0 Å². The van der Waals surface area contributed by atoms with E-state index in [2.05, 4.69) is 9.80 Å². The fourth-order valence-corrected chi connectivity index (χ4v) is 8.96. The fourth-order valence-electron chi connectivity index (χ4n) is 8.96. The lowest BCUT2D eigenvalue weighted by molar-refractivity contribution is -0.149. The van der Waals surface area contributed by atoms with Crippen LogP contribution in [0.5, 0.6) is 11.5 Å². The Hall–Kier alpha value is -5.20. The molecule has 2 amide bonds. The van der Waals surface area contributed by atoms with E-state index in [0.29, 0.717) is 80.8 Å². The number of hydrogen-bond donors (Lipinski definition) is 0. The number of piperazine rings is 1. The summed E-state index contributed by atoms with van der Waals surface area (Å²) in [5, 5.41) is 0. The molecule has 10 nitrogen and oxygen atoms in total. The lowest BCUT2D eigenvalue weighted by atomic mass is 9.62. The SMILES string of the molecule is COc1cc(N2CCC(CN3CCN(C(=O)OCc4ccccc4)CC3)CC2)c(F)cc1[C@@H]1N(c2cccc(F)c2OCc2ccccc2)C(=O)C12CCOCC2. The predicted molar refractivity (Wildman–Crippen MR) is 212 cm³/mol. The number of hydrogen-bond acceptors (Lipinski definition) is 8. The zero-order chi connectivity index (χ0) is 39.4. The number of para-hydroxylation sites is 1. The number of anilines is 2. The standard InChI is InChI=1S/C45H50F2N4O6/c1-54-40-28-39(49-19-15-32(16-20-49)29-48-21-23-50(24-22-48)44(53)57-31-34-11-6-3-7-12-34)37(47)27-35(40)42-45(17-25-55-26-18-45)43(52)51(42)38-14-8-13-36(46)41(38)56-30-33-9-4-2-5-10-33/h2-14,27-28,32,42H,15-26,29-31H2,1H3/t42-/m0/s1. The van der Waals surface area contributed by atoms with E-state index in [1.165, 1.54) is 12.1 Å². The van der Waals surface area contributed by atoms with Crippen LogP contribution in [0, 0.1) is 23.0 Å². The van der Waals surface area contributed by atoms with Gasteiger partial charge in [-0.1, -0.05) is 66.7 Å². The van der Waals surface area contributed by atoms with Crippen molar-refractivity contribution in [2.45, 2.75) is 44.9 Å². The van der Waals surface area contributed by atoms with Crippen LogP contribution >= 0.6 is 0 Å². The van der Waals surface area contributed by atoms with E-state index in [9.17, 15) is 9.59 Å². The number of β-lactam (4-membered cyclic amide) rings is 1. The quantitative estimate of drug-likeness (QED) is 0.144. The number of ether oxygens (including phenoxy) is 4. The molecule has 300 valence electrons. The van der Waals surface area contributed by atoms with Crippen LogP contribution in [0.3, 0.4) is 0 Å². The molecule has 4 aromatic carbocycles. The second-order valence-electron chi connectivity index (χ2n) is 15.5. The Morgan fingerprint density at radius 3 is 2.12 bits per heavy atom. The maximum absolute atomic E-state index is 16.5. The monoisotopic (exact) mass is 780 g/mol. The van der Waals surface area contributed by atoms with Crippen molar-refractivity contribution in [2.75, 3.05) is 75.9 Å². The van der Waals surface area contributed by atoms with E-state index in [0.717, 1.165) is 43.6 Å². The van der Waals surface area contributed by atoms with Gasteiger partial charge in [-0.25, -0.2) is 13.6 Å². The Morgan fingerprint density at radius 1 is 0.789 bits per heavy atom. The van der Waals surface area contributed by atoms with Gasteiger partial charge in [0.1, 0.15) is 24.8 Å². The van der Waals surface area contributed by atoms with E-state index in [1.807, 2.05) is 60.7 Å². The van der Waals surface area contributed by atoms with Gasteiger partial charge in [-0.3, -0.25) is 14.6 Å². The molecule has 0 bridgehead atoms. The molecule has 0 aliphatic carbocycles. The van der Waals surface area contributed by atoms with Crippen LogP contribution in [0.4, 0.5) is 25.0 Å².